The molecule has 0 saturated carbocycles. The molecular formula is C20H27F. The van der Waals surface area contributed by atoms with Gasteiger partial charge in [0.2, 0.25) is 0 Å². The second-order valence-electron chi connectivity index (χ2n) is 6.08. The summed E-state index contributed by atoms with van der Waals surface area (Å²) in [7, 11) is 0. The van der Waals surface area contributed by atoms with E-state index in [2.05, 4.69) is 45.2 Å². The van der Waals surface area contributed by atoms with Crippen molar-refractivity contribution < 1.29 is 4.39 Å². The molecule has 0 saturated heterocycles. The van der Waals surface area contributed by atoms with E-state index in [1.54, 1.807) is 6.92 Å². The topological polar surface area (TPSA) is 0 Å². The molecule has 1 unspecified atom stereocenters. The number of hydrogen-bond donors (Lipinski definition) is 0. The highest BCUT2D eigenvalue weighted by Crippen LogP contribution is 2.27. The quantitative estimate of drug-likeness (QED) is 0.482. The zero-order valence-electron chi connectivity index (χ0n) is 13.8. The molecule has 0 bridgehead atoms. The molecule has 114 valence electrons. The summed E-state index contributed by atoms with van der Waals surface area (Å²) in [6.45, 7) is 15.6. The van der Waals surface area contributed by atoms with Crippen molar-refractivity contribution in [1.29, 1.82) is 0 Å². The van der Waals surface area contributed by atoms with Crippen molar-refractivity contribution >= 4 is 0 Å². The van der Waals surface area contributed by atoms with Crippen molar-refractivity contribution in [2.45, 2.75) is 47.0 Å². The Morgan fingerprint density at radius 1 is 1.29 bits per heavy atom. The first-order valence-electron chi connectivity index (χ1n) is 7.56. The summed E-state index contributed by atoms with van der Waals surface area (Å²) in [5.74, 6) is 0.225. The molecule has 1 atom stereocenters. The van der Waals surface area contributed by atoms with Crippen LogP contribution in [0.1, 0.15) is 47.0 Å². The van der Waals surface area contributed by atoms with Gasteiger partial charge in [0.05, 0.1) is 0 Å². The Balaban J connectivity index is 2.65. The zero-order valence-corrected chi connectivity index (χ0v) is 13.8. The molecule has 0 heterocycles. The number of hydrogen-bond acceptors (Lipinski definition) is 0. The summed E-state index contributed by atoms with van der Waals surface area (Å²) in [5, 5.41) is 0. The minimum absolute atomic E-state index is 0.295. The minimum atomic E-state index is -0.295. The van der Waals surface area contributed by atoms with Crippen LogP contribution in [0.2, 0.25) is 0 Å². The van der Waals surface area contributed by atoms with Crippen molar-refractivity contribution in [3.63, 3.8) is 0 Å². The van der Waals surface area contributed by atoms with E-state index in [4.69, 9.17) is 0 Å². The minimum Gasteiger partial charge on any atom is -0.207 e. The standard InChI is InChI=1S/C20H27F/c1-14(2)20(21)13-18(6)16(4)9-10-17(5)19-11-7-15(3)8-12-19/h7,9,11,13,17H,1,6,8,10,12H2,2-5H3/b16-9+,20-13+. The van der Waals surface area contributed by atoms with Crippen molar-refractivity contribution in [3.05, 3.63) is 71.2 Å². The van der Waals surface area contributed by atoms with Crippen LogP contribution in [0, 0.1) is 5.92 Å². The van der Waals surface area contributed by atoms with Crippen molar-refractivity contribution in [2.75, 3.05) is 0 Å². The van der Waals surface area contributed by atoms with Gasteiger partial charge in [-0.1, -0.05) is 49.5 Å². The lowest BCUT2D eigenvalue weighted by Crippen LogP contribution is -2.02. The molecule has 0 nitrogen and oxygen atoms in total. The average molecular weight is 286 g/mol. The first kappa shape index (κ1) is 17.4. The van der Waals surface area contributed by atoms with Gasteiger partial charge in [-0.15, -0.1) is 0 Å². The maximum atomic E-state index is 13.5. The molecule has 1 aliphatic rings. The molecule has 0 radical (unpaired) electrons. The number of allylic oxidation sites excluding steroid dienone is 10. The summed E-state index contributed by atoms with van der Waals surface area (Å²) < 4.78 is 13.5. The third-order valence-electron chi connectivity index (χ3n) is 4.02. The fourth-order valence-electron chi connectivity index (χ4n) is 2.19. The van der Waals surface area contributed by atoms with E-state index < -0.39 is 0 Å². The fraction of sp³-hybridized carbons (Fsp3) is 0.400. The molecule has 1 aliphatic carbocycles. The van der Waals surface area contributed by atoms with Crippen molar-refractivity contribution in [3.8, 4) is 0 Å². The summed E-state index contributed by atoms with van der Waals surface area (Å²) in [5.41, 5.74) is 5.13. The van der Waals surface area contributed by atoms with Gasteiger partial charge in [0.15, 0.2) is 0 Å². The van der Waals surface area contributed by atoms with Gasteiger partial charge < -0.3 is 0 Å². The molecule has 1 rings (SSSR count). The maximum absolute atomic E-state index is 13.5. The highest BCUT2D eigenvalue weighted by molar-refractivity contribution is 5.40. The SMILES string of the molecule is C=C(/C=C(/F)C(=C)C)/C(C)=C/CC(C)C1=CC=C(C)CC1. The lowest BCUT2D eigenvalue weighted by Gasteiger charge is -2.18. The second-order valence-corrected chi connectivity index (χ2v) is 6.08. The van der Waals surface area contributed by atoms with Gasteiger partial charge in [0.1, 0.15) is 5.83 Å². The van der Waals surface area contributed by atoms with E-state index in [0.717, 1.165) is 30.4 Å². The van der Waals surface area contributed by atoms with Crippen LogP contribution >= 0.6 is 0 Å². The third-order valence-corrected chi connectivity index (χ3v) is 4.02. The van der Waals surface area contributed by atoms with Crippen molar-refractivity contribution in [1.82, 2.24) is 0 Å². The predicted molar refractivity (Wildman–Crippen MR) is 91.8 cm³/mol. The van der Waals surface area contributed by atoms with Gasteiger partial charge in [-0.05, 0) is 68.7 Å². The molecular weight excluding hydrogens is 259 g/mol. The van der Waals surface area contributed by atoms with Crippen LogP contribution < -0.4 is 0 Å². The van der Waals surface area contributed by atoms with Gasteiger partial charge in [-0.25, -0.2) is 4.39 Å². The molecule has 0 spiro atoms. The van der Waals surface area contributed by atoms with E-state index >= 15 is 0 Å². The van der Waals surface area contributed by atoms with Crippen LogP contribution in [0.5, 0.6) is 0 Å². The van der Waals surface area contributed by atoms with Crippen molar-refractivity contribution in [2.24, 2.45) is 5.92 Å². The van der Waals surface area contributed by atoms with E-state index in [-0.39, 0.29) is 5.83 Å². The molecule has 0 fully saturated rings. The van der Waals surface area contributed by atoms with E-state index in [0.29, 0.717) is 11.5 Å². The first-order valence-corrected chi connectivity index (χ1v) is 7.56. The molecule has 0 aromatic heterocycles. The van der Waals surface area contributed by atoms with Crippen LogP contribution in [0.4, 0.5) is 4.39 Å². The van der Waals surface area contributed by atoms with Gasteiger partial charge in [0, 0.05) is 0 Å². The molecule has 0 aliphatic heterocycles. The lowest BCUT2D eigenvalue weighted by molar-refractivity contribution is 0.645. The monoisotopic (exact) mass is 286 g/mol. The van der Waals surface area contributed by atoms with Crippen LogP contribution in [0.25, 0.3) is 0 Å². The van der Waals surface area contributed by atoms with Gasteiger partial charge in [-0.3, -0.25) is 0 Å². The maximum Gasteiger partial charge on any atom is 0.126 e. The number of halogens is 1. The van der Waals surface area contributed by atoms with Gasteiger partial charge >= 0.3 is 0 Å². The van der Waals surface area contributed by atoms with Crippen LogP contribution in [0.3, 0.4) is 0 Å². The van der Waals surface area contributed by atoms with Crippen LogP contribution in [0.15, 0.2) is 71.2 Å². The molecule has 1 heteroatoms. The molecule has 0 aromatic carbocycles. The zero-order chi connectivity index (χ0) is 16.0. The van der Waals surface area contributed by atoms with Crippen LogP contribution in [-0.2, 0) is 0 Å². The van der Waals surface area contributed by atoms with E-state index in [1.807, 2.05) is 6.92 Å². The van der Waals surface area contributed by atoms with E-state index in [9.17, 15) is 4.39 Å². The van der Waals surface area contributed by atoms with E-state index in [1.165, 1.54) is 17.2 Å². The fourth-order valence-corrected chi connectivity index (χ4v) is 2.19. The van der Waals surface area contributed by atoms with Gasteiger partial charge in [-0.2, -0.15) is 0 Å². The average Bonchev–Trinajstić information content (AvgIpc) is 2.44. The summed E-state index contributed by atoms with van der Waals surface area (Å²) in [6, 6.07) is 0. The van der Waals surface area contributed by atoms with Gasteiger partial charge in [0.25, 0.3) is 0 Å². The third kappa shape index (κ3) is 5.71. The smallest absolute Gasteiger partial charge is 0.126 e. The Labute approximate surface area is 129 Å². The Kier molecular flexibility index (Phi) is 6.61. The second kappa shape index (κ2) is 7.97. The lowest BCUT2D eigenvalue weighted by atomic mass is 9.88. The summed E-state index contributed by atoms with van der Waals surface area (Å²) in [6.07, 6.45) is 11.4. The highest BCUT2D eigenvalue weighted by atomic mass is 19.1. The Morgan fingerprint density at radius 3 is 2.48 bits per heavy atom. The Hall–Kier alpha value is -1.63. The number of rotatable bonds is 6. The summed E-state index contributed by atoms with van der Waals surface area (Å²) in [4.78, 5) is 0. The largest absolute Gasteiger partial charge is 0.207 e. The highest BCUT2D eigenvalue weighted by Gasteiger charge is 2.10. The van der Waals surface area contributed by atoms with Crippen LogP contribution in [-0.4, -0.2) is 0 Å². The normalized spacial score (nSPS) is 18.0. The Bertz CT molecular complexity index is 538. The first-order chi connectivity index (χ1) is 9.81. The molecule has 0 N–H and O–H groups in total. The molecule has 21 heavy (non-hydrogen) atoms. The molecule has 0 amide bonds. The Morgan fingerprint density at radius 2 is 1.95 bits per heavy atom. The summed E-state index contributed by atoms with van der Waals surface area (Å²) >= 11 is 0. The molecule has 0 aromatic rings. The predicted octanol–water partition coefficient (Wildman–Crippen LogP) is 6.61.